The van der Waals surface area contributed by atoms with Crippen LogP contribution in [0.1, 0.15) is 6.42 Å². The number of hydrogen-bond acceptors (Lipinski definition) is 4. The summed E-state index contributed by atoms with van der Waals surface area (Å²) in [4.78, 5) is 22.1. The van der Waals surface area contributed by atoms with Crippen LogP contribution in [0.3, 0.4) is 0 Å². The van der Waals surface area contributed by atoms with Crippen LogP contribution < -0.4 is 5.73 Å². The summed E-state index contributed by atoms with van der Waals surface area (Å²) in [6.07, 6.45) is -5.78. The zero-order valence-electron chi connectivity index (χ0n) is 9.74. The number of ether oxygens (including phenoxy) is 1. The molecule has 1 atom stereocenters. The van der Waals surface area contributed by atoms with Gasteiger partial charge < -0.3 is 20.5 Å². The lowest BCUT2D eigenvalue weighted by atomic mass is 10.2. The van der Waals surface area contributed by atoms with Crippen molar-refractivity contribution in [1.82, 2.24) is 4.90 Å². The number of aliphatic carboxylic acids is 1. The minimum absolute atomic E-state index is 0.0465. The van der Waals surface area contributed by atoms with E-state index < -0.39 is 43.7 Å². The molecule has 1 unspecified atom stereocenters. The van der Waals surface area contributed by atoms with Gasteiger partial charge in [0.2, 0.25) is 5.91 Å². The summed E-state index contributed by atoms with van der Waals surface area (Å²) >= 11 is 0. The monoisotopic (exact) mass is 272 g/mol. The van der Waals surface area contributed by atoms with Crippen LogP contribution in [0.15, 0.2) is 0 Å². The molecule has 3 N–H and O–H groups in total. The van der Waals surface area contributed by atoms with E-state index in [0.717, 1.165) is 0 Å². The average molecular weight is 272 g/mol. The van der Waals surface area contributed by atoms with Gasteiger partial charge in [0.15, 0.2) is 0 Å². The minimum atomic E-state index is -4.66. The van der Waals surface area contributed by atoms with Gasteiger partial charge in [0, 0.05) is 13.7 Å². The van der Waals surface area contributed by atoms with Gasteiger partial charge in [0.25, 0.3) is 0 Å². The molecule has 0 aliphatic carbocycles. The lowest BCUT2D eigenvalue weighted by Crippen LogP contribution is -2.44. The number of carbonyl (C=O) groups excluding carboxylic acids is 1. The van der Waals surface area contributed by atoms with Crippen LogP contribution in [-0.4, -0.2) is 60.9 Å². The van der Waals surface area contributed by atoms with Crippen molar-refractivity contribution in [2.75, 3.05) is 26.7 Å². The van der Waals surface area contributed by atoms with Crippen molar-refractivity contribution in [3.05, 3.63) is 0 Å². The van der Waals surface area contributed by atoms with Crippen molar-refractivity contribution >= 4 is 11.9 Å². The summed E-state index contributed by atoms with van der Waals surface area (Å²) < 4.78 is 41.3. The first-order valence-corrected chi connectivity index (χ1v) is 4.98. The second kappa shape index (κ2) is 7.17. The molecule has 18 heavy (non-hydrogen) atoms. The van der Waals surface area contributed by atoms with Crippen molar-refractivity contribution < 1.29 is 32.6 Å². The number of carbonyl (C=O) groups is 2. The minimum Gasteiger partial charge on any atom is -0.480 e. The normalized spacial score (nSPS) is 13.2. The number of carboxylic acid groups (broad SMARTS) is 1. The largest absolute Gasteiger partial charge is 0.480 e. The van der Waals surface area contributed by atoms with Crippen LogP contribution in [0.25, 0.3) is 0 Å². The van der Waals surface area contributed by atoms with Gasteiger partial charge in [-0.25, -0.2) is 0 Å². The fourth-order valence-corrected chi connectivity index (χ4v) is 1.20. The number of carboxylic acids is 1. The number of methoxy groups -OCH3 is 1. The molecule has 0 radical (unpaired) electrons. The average Bonchev–Trinajstić information content (AvgIpc) is 2.22. The Morgan fingerprint density at radius 2 is 2.00 bits per heavy atom. The molecule has 0 aliphatic rings. The highest BCUT2D eigenvalue weighted by atomic mass is 19.4. The molecule has 0 rings (SSSR count). The van der Waals surface area contributed by atoms with Crippen LogP contribution in [0.4, 0.5) is 13.2 Å². The molecule has 0 saturated heterocycles. The highest BCUT2D eigenvalue weighted by Gasteiger charge is 2.34. The SMILES string of the molecule is COC(CN)CC(=O)N(CC(=O)O)CC(F)(F)F. The Bertz CT molecular complexity index is 292. The number of amides is 1. The molecular weight excluding hydrogens is 257 g/mol. The Morgan fingerprint density at radius 3 is 2.33 bits per heavy atom. The Labute approximate surface area is 101 Å². The highest BCUT2D eigenvalue weighted by Crippen LogP contribution is 2.17. The Balaban J connectivity index is 4.63. The number of alkyl halides is 3. The van der Waals surface area contributed by atoms with Gasteiger partial charge in [0.05, 0.1) is 12.5 Å². The Kier molecular flexibility index (Phi) is 6.63. The van der Waals surface area contributed by atoms with Crippen molar-refractivity contribution in [2.24, 2.45) is 5.73 Å². The number of nitrogens with two attached hydrogens (primary N) is 1. The van der Waals surface area contributed by atoms with E-state index in [2.05, 4.69) is 0 Å². The van der Waals surface area contributed by atoms with Gasteiger partial charge in [-0.2, -0.15) is 13.2 Å². The van der Waals surface area contributed by atoms with Crippen molar-refractivity contribution in [3.8, 4) is 0 Å². The smallest absolute Gasteiger partial charge is 0.406 e. The summed E-state index contributed by atoms with van der Waals surface area (Å²) in [5.41, 5.74) is 5.23. The molecule has 6 nitrogen and oxygen atoms in total. The van der Waals surface area contributed by atoms with Gasteiger partial charge in [-0.1, -0.05) is 0 Å². The molecule has 0 aromatic heterocycles. The van der Waals surface area contributed by atoms with Crippen molar-refractivity contribution in [3.63, 3.8) is 0 Å². The molecule has 9 heteroatoms. The Morgan fingerprint density at radius 1 is 1.44 bits per heavy atom. The molecule has 0 heterocycles. The van der Waals surface area contributed by atoms with Crippen molar-refractivity contribution in [2.45, 2.75) is 18.7 Å². The highest BCUT2D eigenvalue weighted by molar-refractivity contribution is 5.81. The zero-order chi connectivity index (χ0) is 14.3. The molecule has 0 fully saturated rings. The molecule has 0 aliphatic heterocycles. The van der Waals surface area contributed by atoms with Gasteiger partial charge in [-0.15, -0.1) is 0 Å². The van der Waals surface area contributed by atoms with E-state index in [1.165, 1.54) is 7.11 Å². The third kappa shape index (κ3) is 7.07. The van der Waals surface area contributed by atoms with E-state index in [9.17, 15) is 22.8 Å². The number of nitrogens with zero attached hydrogens (tertiary/aromatic N) is 1. The first-order valence-electron chi connectivity index (χ1n) is 4.98. The standard InChI is InChI=1S/C9H15F3N2O4/c1-18-6(3-13)2-7(15)14(4-8(16)17)5-9(10,11)12/h6H,2-5,13H2,1H3,(H,16,17). The van der Waals surface area contributed by atoms with Crippen LogP contribution in [0, 0.1) is 0 Å². The third-order valence-electron chi connectivity index (χ3n) is 2.05. The Hall–Kier alpha value is -1.35. The van der Waals surface area contributed by atoms with Crippen LogP contribution in [0.5, 0.6) is 0 Å². The summed E-state index contributed by atoms with van der Waals surface area (Å²) in [6.45, 7) is -2.67. The van der Waals surface area contributed by atoms with Gasteiger partial charge >= 0.3 is 12.1 Å². The number of hydrogen-bond donors (Lipinski definition) is 2. The fourth-order valence-electron chi connectivity index (χ4n) is 1.20. The summed E-state index contributed by atoms with van der Waals surface area (Å²) in [6, 6.07) is 0. The van der Waals surface area contributed by atoms with Gasteiger partial charge in [0.1, 0.15) is 13.1 Å². The zero-order valence-corrected chi connectivity index (χ0v) is 9.74. The molecule has 106 valence electrons. The molecule has 0 spiro atoms. The predicted octanol–water partition coefficient (Wildman–Crippen LogP) is -0.174. The van der Waals surface area contributed by atoms with E-state index in [-0.39, 0.29) is 11.4 Å². The number of rotatable bonds is 7. The van der Waals surface area contributed by atoms with E-state index in [1.807, 2.05) is 0 Å². The third-order valence-corrected chi connectivity index (χ3v) is 2.05. The van der Waals surface area contributed by atoms with E-state index in [4.69, 9.17) is 15.6 Å². The van der Waals surface area contributed by atoms with E-state index in [0.29, 0.717) is 0 Å². The quantitative estimate of drug-likeness (QED) is 0.671. The molecular formula is C9H15F3N2O4. The van der Waals surface area contributed by atoms with Crippen LogP contribution in [0.2, 0.25) is 0 Å². The van der Waals surface area contributed by atoms with Gasteiger partial charge in [-0.05, 0) is 0 Å². The molecule has 0 bridgehead atoms. The summed E-state index contributed by atoms with van der Waals surface area (Å²) in [5, 5.41) is 8.46. The van der Waals surface area contributed by atoms with Crippen LogP contribution in [-0.2, 0) is 14.3 Å². The second-order valence-corrected chi connectivity index (χ2v) is 3.56. The van der Waals surface area contributed by atoms with Crippen LogP contribution >= 0.6 is 0 Å². The molecule has 1 amide bonds. The second-order valence-electron chi connectivity index (χ2n) is 3.56. The maximum atomic E-state index is 12.2. The summed E-state index contributed by atoms with van der Waals surface area (Å²) in [7, 11) is 1.26. The lowest BCUT2D eigenvalue weighted by Gasteiger charge is -2.23. The van der Waals surface area contributed by atoms with E-state index in [1.54, 1.807) is 0 Å². The topological polar surface area (TPSA) is 92.9 Å². The van der Waals surface area contributed by atoms with Gasteiger partial charge in [-0.3, -0.25) is 9.59 Å². The fraction of sp³-hybridized carbons (Fsp3) is 0.778. The molecule has 0 aromatic rings. The maximum absolute atomic E-state index is 12.2. The lowest BCUT2D eigenvalue weighted by molar-refractivity contribution is -0.166. The maximum Gasteiger partial charge on any atom is 0.406 e. The summed E-state index contributed by atoms with van der Waals surface area (Å²) in [5.74, 6) is -2.48. The van der Waals surface area contributed by atoms with E-state index >= 15 is 0 Å². The van der Waals surface area contributed by atoms with Crippen molar-refractivity contribution in [1.29, 1.82) is 0 Å². The molecule has 0 saturated carbocycles. The first-order chi connectivity index (χ1) is 8.19. The predicted molar refractivity (Wildman–Crippen MR) is 54.7 cm³/mol. The number of halogens is 3. The molecule has 0 aromatic carbocycles. The first kappa shape index (κ1) is 16.6.